The highest BCUT2D eigenvalue weighted by Gasteiger charge is 2.18. The number of amides is 1. The molecule has 1 fully saturated rings. The van der Waals surface area contributed by atoms with Crippen molar-refractivity contribution in [3.63, 3.8) is 0 Å². The summed E-state index contributed by atoms with van der Waals surface area (Å²) in [7, 11) is 0. The zero-order valence-corrected chi connectivity index (χ0v) is 12.4. The van der Waals surface area contributed by atoms with E-state index in [1.54, 1.807) is 0 Å². The van der Waals surface area contributed by atoms with Crippen LogP contribution in [0.3, 0.4) is 0 Å². The van der Waals surface area contributed by atoms with Crippen molar-refractivity contribution < 1.29 is 13.6 Å². The summed E-state index contributed by atoms with van der Waals surface area (Å²) in [6, 6.07) is 3.74. The van der Waals surface area contributed by atoms with Crippen molar-refractivity contribution in [3.05, 3.63) is 47.8 Å². The fourth-order valence-corrected chi connectivity index (χ4v) is 2.58. The highest BCUT2D eigenvalue weighted by atomic mass is 19.1. The Balaban J connectivity index is 1.68. The van der Waals surface area contributed by atoms with E-state index in [9.17, 15) is 13.6 Å². The third-order valence-corrected chi connectivity index (χ3v) is 3.80. The van der Waals surface area contributed by atoms with Crippen LogP contribution in [0.4, 0.5) is 20.4 Å². The SMILES string of the molecule is O=C(NC1CCCC1)c1cnc(Nc2c(F)cccc2F)nc1. The van der Waals surface area contributed by atoms with Crippen LogP contribution in [-0.2, 0) is 0 Å². The minimum Gasteiger partial charge on any atom is -0.349 e. The van der Waals surface area contributed by atoms with Gasteiger partial charge in [0, 0.05) is 18.4 Å². The standard InChI is InChI=1S/C16H16F2N4O/c17-12-6-3-7-13(18)14(12)22-16-19-8-10(9-20-16)15(23)21-11-4-1-2-5-11/h3,6-9,11H,1-2,4-5H2,(H,21,23)(H,19,20,22). The maximum Gasteiger partial charge on any atom is 0.254 e. The summed E-state index contributed by atoms with van der Waals surface area (Å²) in [5.74, 6) is -1.69. The molecule has 0 atom stereocenters. The molecule has 23 heavy (non-hydrogen) atoms. The Morgan fingerprint density at radius 1 is 1.09 bits per heavy atom. The predicted molar refractivity (Wildman–Crippen MR) is 81.4 cm³/mol. The Hall–Kier alpha value is -2.57. The van der Waals surface area contributed by atoms with Gasteiger partial charge in [0.05, 0.1) is 5.56 Å². The maximum absolute atomic E-state index is 13.5. The summed E-state index contributed by atoms with van der Waals surface area (Å²) in [6.07, 6.45) is 6.88. The molecule has 0 unspecified atom stereocenters. The number of nitrogens with one attached hydrogen (secondary N) is 2. The second-order valence-electron chi connectivity index (χ2n) is 5.47. The van der Waals surface area contributed by atoms with Gasteiger partial charge in [-0.05, 0) is 25.0 Å². The van der Waals surface area contributed by atoms with Gasteiger partial charge in [-0.15, -0.1) is 0 Å². The summed E-state index contributed by atoms with van der Waals surface area (Å²) in [5.41, 5.74) is -0.00730. The van der Waals surface area contributed by atoms with Gasteiger partial charge in [0.15, 0.2) is 0 Å². The van der Waals surface area contributed by atoms with Crippen LogP contribution in [0.5, 0.6) is 0 Å². The third-order valence-electron chi connectivity index (χ3n) is 3.80. The molecule has 3 rings (SSSR count). The molecule has 0 saturated heterocycles. The van der Waals surface area contributed by atoms with Crippen LogP contribution in [0.1, 0.15) is 36.0 Å². The fourth-order valence-electron chi connectivity index (χ4n) is 2.58. The largest absolute Gasteiger partial charge is 0.349 e. The summed E-state index contributed by atoms with van der Waals surface area (Å²) in [4.78, 5) is 19.9. The van der Waals surface area contributed by atoms with Crippen LogP contribution in [0.2, 0.25) is 0 Å². The molecule has 0 bridgehead atoms. The first-order valence-corrected chi connectivity index (χ1v) is 7.47. The maximum atomic E-state index is 13.5. The Morgan fingerprint density at radius 3 is 2.30 bits per heavy atom. The van der Waals surface area contributed by atoms with Crippen molar-refractivity contribution in [1.29, 1.82) is 0 Å². The van der Waals surface area contributed by atoms with Crippen LogP contribution in [0, 0.1) is 11.6 Å². The highest BCUT2D eigenvalue weighted by Crippen LogP contribution is 2.21. The van der Waals surface area contributed by atoms with Gasteiger partial charge in [0.25, 0.3) is 5.91 Å². The van der Waals surface area contributed by atoms with E-state index in [0.717, 1.165) is 37.8 Å². The Morgan fingerprint density at radius 2 is 1.70 bits per heavy atom. The van der Waals surface area contributed by atoms with Gasteiger partial charge in [-0.25, -0.2) is 18.7 Å². The predicted octanol–water partition coefficient (Wildman–Crippen LogP) is 3.17. The van der Waals surface area contributed by atoms with Gasteiger partial charge in [-0.3, -0.25) is 4.79 Å². The Bertz CT molecular complexity index is 679. The second-order valence-corrected chi connectivity index (χ2v) is 5.47. The molecule has 1 heterocycles. The van der Waals surface area contributed by atoms with Crippen molar-refractivity contribution in [2.75, 3.05) is 5.32 Å². The van der Waals surface area contributed by atoms with Gasteiger partial charge in [0.1, 0.15) is 17.3 Å². The summed E-state index contributed by atoms with van der Waals surface area (Å²) in [6.45, 7) is 0. The van der Waals surface area contributed by atoms with Crippen LogP contribution in [0.15, 0.2) is 30.6 Å². The lowest BCUT2D eigenvalue weighted by Crippen LogP contribution is -2.32. The molecule has 1 amide bonds. The average Bonchev–Trinajstić information content (AvgIpc) is 3.04. The van der Waals surface area contributed by atoms with Gasteiger partial charge in [0.2, 0.25) is 5.95 Å². The molecule has 2 N–H and O–H groups in total. The molecule has 1 aliphatic carbocycles. The van der Waals surface area contributed by atoms with Gasteiger partial charge in [-0.1, -0.05) is 18.9 Å². The first kappa shape index (κ1) is 15.3. The molecule has 1 aliphatic rings. The van der Waals surface area contributed by atoms with E-state index < -0.39 is 11.6 Å². The van der Waals surface area contributed by atoms with Crippen LogP contribution >= 0.6 is 0 Å². The van der Waals surface area contributed by atoms with Gasteiger partial charge >= 0.3 is 0 Å². The second kappa shape index (κ2) is 6.68. The fraction of sp³-hybridized carbons (Fsp3) is 0.312. The molecule has 0 aliphatic heterocycles. The number of carbonyl (C=O) groups excluding carboxylic acids is 1. The van der Waals surface area contributed by atoms with Crippen LogP contribution in [-0.4, -0.2) is 21.9 Å². The highest BCUT2D eigenvalue weighted by molar-refractivity contribution is 5.93. The minimum atomic E-state index is -0.739. The molecule has 1 aromatic heterocycles. The zero-order valence-electron chi connectivity index (χ0n) is 12.4. The smallest absolute Gasteiger partial charge is 0.254 e. The molecular weight excluding hydrogens is 302 g/mol. The molecule has 1 saturated carbocycles. The number of nitrogens with zero attached hydrogens (tertiary/aromatic N) is 2. The monoisotopic (exact) mass is 318 g/mol. The summed E-state index contributed by atoms with van der Waals surface area (Å²) in [5, 5.41) is 5.40. The van der Waals surface area contributed by atoms with Crippen LogP contribution < -0.4 is 10.6 Å². The summed E-state index contributed by atoms with van der Waals surface area (Å²) >= 11 is 0. The number of halogens is 2. The van der Waals surface area contributed by atoms with Crippen molar-refractivity contribution >= 4 is 17.5 Å². The first-order valence-electron chi connectivity index (χ1n) is 7.47. The average molecular weight is 318 g/mol. The Kier molecular flexibility index (Phi) is 4.45. The molecule has 7 heteroatoms. The lowest BCUT2D eigenvalue weighted by atomic mass is 10.2. The lowest BCUT2D eigenvalue weighted by Gasteiger charge is -2.12. The van der Waals surface area contributed by atoms with E-state index >= 15 is 0 Å². The van der Waals surface area contributed by atoms with E-state index in [0.29, 0.717) is 5.56 Å². The number of rotatable bonds is 4. The molecule has 2 aromatic rings. The number of carbonyl (C=O) groups is 1. The zero-order chi connectivity index (χ0) is 16.2. The molecular formula is C16H16F2N4O. The minimum absolute atomic E-state index is 0.0198. The first-order chi connectivity index (χ1) is 11.1. The van der Waals surface area contributed by atoms with E-state index in [-0.39, 0.29) is 23.6 Å². The number of aromatic nitrogens is 2. The molecule has 0 radical (unpaired) electrons. The molecule has 5 nitrogen and oxygen atoms in total. The van der Waals surface area contributed by atoms with E-state index in [1.165, 1.54) is 18.5 Å². The number of para-hydroxylation sites is 1. The quantitative estimate of drug-likeness (QED) is 0.908. The van der Waals surface area contributed by atoms with Crippen molar-refractivity contribution in [1.82, 2.24) is 15.3 Å². The van der Waals surface area contributed by atoms with Gasteiger partial charge in [-0.2, -0.15) is 0 Å². The topological polar surface area (TPSA) is 66.9 Å². The van der Waals surface area contributed by atoms with E-state index in [1.807, 2.05) is 0 Å². The number of hydrogen-bond acceptors (Lipinski definition) is 4. The van der Waals surface area contributed by atoms with Crippen molar-refractivity contribution in [2.45, 2.75) is 31.7 Å². The van der Waals surface area contributed by atoms with Gasteiger partial charge < -0.3 is 10.6 Å². The molecule has 0 spiro atoms. The Labute approximate surface area is 132 Å². The molecule has 120 valence electrons. The number of hydrogen-bond donors (Lipinski definition) is 2. The molecule has 1 aromatic carbocycles. The summed E-state index contributed by atoms with van der Waals surface area (Å²) < 4.78 is 27.1. The van der Waals surface area contributed by atoms with Crippen molar-refractivity contribution in [2.24, 2.45) is 0 Å². The number of anilines is 2. The van der Waals surface area contributed by atoms with Crippen molar-refractivity contribution in [3.8, 4) is 0 Å². The number of benzene rings is 1. The third kappa shape index (κ3) is 3.61. The van der Waals surface area contributed by atoms with Crippen LogP contribution in [0.25, 0.3) is 0 Å². The normalized spacial score (nSPS) is 14.7. The van der Waals surface area contributed by atoms with E-state index in [4.69, 9.17) is 0 Å². The van der Waals surface area contributed by atoms with E-state index in [2.05, 4.69) is 20.6 Å². The lowest BCUT2D eigenvalue weighted by molar-refractivity contribution is 0.0937.